The summed E-state index contributed by atoms with van der Waals surface area (Å²) in [6.07, 6.45) is 0.360. The molecular formula is C40H53N11O5. The molecule has 298 valence electrons. The smallest absolute Gasteiger partial charge is 0.251 e. The highest BCUT2D eigenvalue weighted by atomic mass is 16.5. The van der Waals surface area contributed by atoms with Gasteiger partial charge in [-0.25, -0.2) is 0 Å². The Kier molecular flexibility index (Phi) is 17.2. The van der Waals surface area contributed by atoms with Gasteiger partial charge in [-0.05, 0) is 67.9 Å². The van der Waals surface area contributed by atoms with Crippen molar-refractivity contribution in [2.45, 2.75) is 20.3 Å². The third-order valence-electron chi connectivity index (χ3n) is 9.10. The number of hydrogen-bond donors (Lipinski definition) is 2. The second-order valence-corrected chi connectivity index (χ2v) is 13.1. The summed E-state index contributed by atoms with van der Waals surface area (Å²) >= 11 is 0. The van der Waals surface area contributed by atoms with Gasteiger partial charge in [0.15, 0.2) is 5.82 Å². The van der Waals surface area contributed by atoms with Crippen LogP contribution in [0.4, 0.5) is 17.1 Å². The first kappa shape index (κ1) is 41.9. The molecule has 5 rings (SSSR count). The Morgan fingerprint density at radius 2 is 1.36 bits per heavy atom. The van der Waals surface area contributed by atoms with Gasteiger partial charge in [0.05, 0.1) is 57.4 Å². The van der Waals surface area contributed by atoms with E-state index in [0.29, 0.717) is 95.1 Å². The number of benzene rings is 3. The van der Waals surface area contributed by atoms with Gasteiger partial charge in [0, 0.05) is 75.7 Å². The van der Waals surface area contributed by atoms with Crippen LogP contribution in [0, 0.1) is 6.92 Å². The number of nitrogens with two attached hydrogens (primary N) is 1. The first-order valence-corrected chi connectivity index (χ1v) is 19.1. The molecular weight excluding hydrogens is 715 g/mol. The number of rotatable bonds is 22. The Balaban J connectivity index is 0.967. The molecule has 2 heterocycles. The maximum Gasteiger partial charge on any atom is 0.251 e. The monoisotopic (exact) mass is 767 g/mol. The van der Waals surface area contributed by atoms with Gasteiger partial charge >= 0.3 is 0 Å². The van der Waals surface area contributed by atoms with Crippen LogP contribution in [0.1, 0.15) is 28.7 Å². The summed E-state index contributed by atoms with van der Waals surface area (Å²) in [5, 5.41) is 27.7. The number of azo groups is 1. The SMILES string of the molecule is CCN(CCN1CCN(C(=O)Cc2ccc(-c3nnc(C)nn3)cc2)CC1)c1ccc(N=Nc2ccc(C(=O)NCCOCCOCCOCCN)cc2)cc1. The molecule has 16 nitrogen and oxygen atoms in total. The van der Waals surface area contributed by atoms with Gasteiger partial charge in [0.1, 0.15) is 0 Å². The molecule has 2 amide bonds. The molecule has 1 aliphatic rings. The molecule has 0 atom stereocenters. The van der Waals surface area contributed by atoms with Crippen molar-refractivity contribution in [1.82, 2.24) is 35.5 Å². The number of likely N-dealkylation sites (N-methyl/N-ethyl adjacent to an activating group) is 1. The summed E-state index contributed by atoms with van der Waals surface area (Å²) < 4.78 is 16.1. The zero-order chi connectivity index (χ0) is 39.4. The third kappa shape index (κ3) is 13.8. The van der Waals surface area contributed by atoms with Crippen molar-refractivity contribution in [3.05, 3.63) is 89.7 Å². The minimum atomic E-state index is -0.181. The van der Waals surface area contributed by atoms with E-state index < -0.39 is 0 Å². The quantitative estimate of drug-likeness (QED) is 0.0876. The highest BCUT2D eigenvalue weighted by Crippen LogP contribution is 2.23. The Labute approximate surface area is 328 Å². The predicted octanol–water partition coefficient (Wildman–Crippen LogP) is 3.61. The molecule has 3 N–H and O–H groups in total. The molecule has 0 aliphatic carbocycles. The summed E-state index contributed by atoms with van der Waals surface area (Å²) in [4.78, 5) is 32.3. The number of anilines is 1. The summed E-state index contributed by atoms with van der Waals surface area (Å²) in [7, 11) is 0. The van der Waals surface area contributed by atoms with Gasteiger partial charge in [0.2, 0.25) is 11.7 Å². The van der Waals surface area contributed by atoms with Crippen LogP contribution in [0.2, 0.25) is 0 Å². The lowest BCUT2D eigenvalue weighted by Gasteiger charge is -2.36. The van der Waals surface area contributed by atoms with Crippen LogP contribution in [0.5, 0.6) is 0 Å². The average molecular weight is 768 g/mol. The van der Waals surface area contributed by atoms with Crippen LogP contribution in [0.15, 0.2) is 83.0 Å². The Hall–Kier alpha value is -5.26. The first-order valence-electron chi connectivity index (χ1n) is 19.1. The molecule has 1 aliphatic heterocycles. The first-order chi connectivity index (χ1) is 27.4. The number of ether oxygens (including phenoxy) is 3. The number of carbonyl (C=O) groups excluding carboxylic acids is 2. The summed E-state index contributed by atoms with van der Waals surface area (Å²) in [6.45, 7) is 13.4. The molecule has 0 bridgehead atoms. The fraction of sp³-hybridized carbons (Fsp3) is 0.450. The number of nitrogens with one attached hydrogen (secondary N) is 1. The number of piperazine rings is 1. The number of aryl methyl sites for hydroxylation is 1. The highest BCUT2D eigenvalue weighted by Gasteiger charge is 2.21. The highest BCUT2D eigenvalue weighted by molar-refractivity contribution is 5.94. The van der Waals surface area contributed by atoms with Crippen molar-refractivity contribution in [2.75, 3.05) is 103 Å². The fourth-order valence-corrected chi connectivity index (χ4v) is 5.89. The summed E-state index contributed by atoms with van der Waals surface area (Å²) in [6, 6.07) is 22.7. The Morgan fingerprint density at radius 3 is 1.96 bits per heavy atom. The molecule has 16 heteroatoms. The van der Waals surface area contributed by atoms with Crippen molar-refractivity contribution >= 4 is 28.9 Å². The molecule has 1 saturated heterocycles. The van der Waals surface area contributed by atoms with Crippen molar-refractivity contribution < 1.29 is 23.8 Å². The maximum atomic E-state index is 13.1. The van der Waals surface area contributed by atoms with E-state index in [-0.39, 0.29) is 11.8 Å². The van der Waals surface area contributed by atoms with Crippen LogP contribution >= 0.6 is 0 Å². The van der Waals surface area contributed by atoms with Crippen LogP contribution in [-0.2, 0) is 25.4 Å². The number of nitrogens with zero attached hydrogens (tertiary/aromatic N) is 9. The largest absolute Gasteiger partial charge is 0.378 e. The zero-order valence-electron chi connectivity index (χ0n) is 32.4. The van der Waals surface area contributed by atoms with E-state index >= 15 is 0 Å². The molecule has 4 aromatic rings. The molecule has 1 fully saturated rings. The van der Waals surface area contributed by atoms with E-state index in [1.807, 2.05) is 41.3 Å². The van der Waals surface area contributed by atoms with Gasteiger partial charge in [-0.3, -0.25) is 14.5 Å². The van der Waals surface area contributed by atoms with Crippen molar-refractivity contribution in [3.63, 3.8) is 0 Å². The molecule has 0 radical (unpaired) electrons. The van der Waals surface area contributed by atoms with E-state index in [1.165, 1.54) is 0 Å². The van der Waals surface area contributed by atoms with Crippen LogP contribution in [-0.4, -0.2) is 141 Å². The molecule has 3 aromatic carbocycles. The number of aromatic nitrogens is 4. The number of carbonyl (C=O) groups is 2. The maximum absolute atomic E-state index is 13.1. The van der Waals surface area contributed by atoms with E-state index in [9.17, 15) is 9.59 Å². The van der Waals surface area contributed by atoms with Crippen molar-refractivity contribution in [1.29, 1.82) is 0 Å². The summed E-state index contributed by atoms with van der Waals surface area (Å²) in [5.41, 5.74) is 10.2. The molecule has 1 aromatic heterocycles. The Morgan fingerprint density at radius 1 is 0.768 bits per heavy atom. The van der Waals surface area contributed by atoms with Crippen LogP contribution in [0.25, 0.3) is 11.4 Å². The minimum Gasteiger partial charge on any atom is -0.378 e. The van der Waals surface area contributed by atoms with Crippen molar-refractivity contribution in [3.8, 4) is 11.4 Å². The fourth-order valence-electron chi connectivity index (χ4n) is 5.89. The number of hydrogen-bond acceptors (Lipinski definition) is 14. The van der Waals surface area contributed by atoms with Gasteiger partial charge in [-0.15, -0.1) is 20.4 Å². The van der Waals surface area contributed by atoms with Gasteiger partial charge < -0.3 is 35.1 Å². The lowest BCUT2D eigenvalue weighted by Crippen LogP contribution is -2.50. The van der Waals surface area contributed by atoms with Crippen molar-refractivity contribution in [2.24, 2.45) is 16.0 Å². The van der Waals surface area contributed by atoms with Crippen LogP contribution < -0.4 is 16.0 Å². The van der Waals surface area contributed by atoms with E-state index in [1.54, 1.807) is 31.2 Å². The lowest BCUT2D eigenvalue weighted by molar-refractivity contribution is -0.132. The van der Waals surface area contributed by atoms with Gasteiger partial charge in [-0.2, -0.15) is 10.2 Å². The number of amides is 2. The molecule has 0 unspecified atom stereocenters. The van der Waals surface area contributed by atoms with Gasteiger partial charge in [0.25, 0.3) is 5.91 Å². The second-order valence-electron chi connectivity index (χ2n) is 13.1. The average Bonchev–Trinajstić information content (AvgIpc) is 3.23. The second kappa shape index (κ2) is 23.0. The topological polar surface area (TPSA) is 186 Å². The predicted molar refractivity (Wildman–Crippen MR) is 213 cm³/mol. The standard InChI is InChI=1S/C40H53N11O5/c1-3-50(21-18-49-19-22-51(23-20-49)38(52)30-32-4-6-33(7-5-32)39-47-43-31(2)44-48-39)37-14-12-36(13-15-37)46-45-35-10-8-34(9-11-35)40(53)42-17-25-55-27-29-56-28-26-54-24-16-41/h4-15H,3,16-30,41H2,1-2H3,(H,42,53). The van der Waals surface area contributed by atoms with E-state index in [0.717, 1.165) is 55.2 Å². The third-order valence-corrected chi connectivity index (χ3v) is 9.10. The molecule has 0 spiro atoms. The molecule has 56 heavy (non-hydrogen) atoms. The zero-order valence-corrected chi connectivity index (χ0v) is 32.4. The van der Waals surface area contributed by atoms with Crippen LogP contribution in [0.3, 0.4) is 0 Å². The molecule has 0 saturated carbocycles. The summed E-state index contributed by atoms with van der Waals surface area (Å²) in [5.74, 6) is 0.944. The van der Waals surface area contributed by atoms with E-state index in [4.69, 9.17) is 19.9 Å². The lowest BCUT2D eigenvalue weighted by atomic mass is 10.1. The minimum absolute atomic E-state index is 0.136. The normalized spacial score (nSPS) is 13.3. The van der Waals surface area contributed by atoms with Gasteiger partial charge in [-0.1, -0.05) is 24.3 Å². The Bertz CT molecular complexity index is 1790. The van der Waals surface area contributed by atoms with E-state index in [2.05, 4.69) is 64.8 Å².